The highest BCUT2D eigenvalue weighted by molar-refractivity contribution is 7.99. The van der Waals surface area contributed by atoms with Crippen molar-refractivity contribution in [1.29, 1.82) is 0 Å². The van der Waals surface area contributed by atoms with Crippen LogP contribution in [0.25, 0.3) is 11.4 Å². The van der Waals surface area contributed by atoms with Crippen LogP contribution in [0.2, 0.25) is 0 Å². The van der Waals surface area contributed by atoms with Gasteiger partial charge in [0.1, 0.15) is 5.82 Å². The summed E-state index contributed by atoms with van der Waals surface area (Å²) in [6.07, 6.45) is 2.14. The lowest BCUT2D eigenvalue weighted by molar-refractivity contribution is -0.119. The fourth-order valence-corrected chi connectivity index (χ4v) is 4.05. The topological polar surface area (TPSA) is 88.9 Å². The van der Waals surface area contributed by atoms with Gasteiger partial charge < -0.3 is 5.32 Å². The molecule has 0 aliphatic heterocycles. The fourth-order valence-electron chi connectivity index (χ4n) is 3.11. The van der Waals surface area contributed by atoms with E-state index in [9.17, 15) is 14.0 Å². The number of aromatic nitrogens is 3. The number of hydrogen-bond donors (Lipinski definition) is 2. The summed E-state index contributed by atoms with van der Waals surface area (Å²) in [5, 5.41) is 14.1. The quantitative estimate of drug-likeness (QED) is 0.519. The summed E-state index contributed by atoms with van der Waals surface area (Å²) in [6, 6.07) is 15.7. The molecule has 0 spiro atoms. The van der Waals surface area contributed by atoms with Gasteiger partial charge in [0.15, 0.2) is 11.0 Å². The minimum Gasteiger partial charge on any atom is -0.334 e. The molecule has 1 fully saturated rings. The zero-order valence-corrected chi connectivity index (χ0v) is 17.6. The highest BCUT2D eigenvalue weighted by Crippen LogP contribution is 2.41. The largest absolute Gasteiger partial charge is 0.334 e. The molecule has 3 aromatic rings. The van der Waals surface area contributed by atoms with Crippen molar-refractivity contribution in [1.82, 2.24) is 25.4 Å². The molecule has 1 aliphatic carbocycles. The molecule has 0 atom stereocenters. The normalized spacial score (nSPS) is 13.1. The minimum atomic E-state index is -0.526. The predicted octanol–water partition coefficient (Wildman–Crippen LogP) is 3.93. The third-order valence-corrected chi connectivity index (χ3v) is 5.75. The number of benzene rings is 2. The molecule has 2 aromatic carbocycles. The Bertz CT molecular complexity index is 1070. The Kier molecular flexibility index (Phi) is 6.61. The average Bonchev–Trinajstić information content (AvgIpc) is 3.53. The first-order valence-electron chi connectivity index (χ1n) is 10.1. The average molecular weight is 440 g/mol. The molecule has 1 heterocycles. The van der Waals surface area contributed by atoms with E-state index in [1.807, 2.05) is 34.9 Å². The maximum atomic E-state index is 14.2. The first-order chi connectivity index (χ1) is 15.1. The fraction of sp³-hybridized carbons (Fsp3) is 0.273. The predicted molar refractivity (Wildman–Crippen MR) is 116 cm³/mol. The number of thioether (sulfide) groups is 1. The first kappa shape index (κ1) is 21.0. The Hall–Kier alpha value is -3.20. The van der Waals surface area contributed by atoms with Crippen LogP contribution in [0.1, 0.15) is 30.9 Å². The lowest BCUT2D eigenvalue weighted by Gasteiger charge is -2.09. The SMILES string of the molecule is O=C(CCSc1nnc(-c2ccccc2F)n1C1CC1)NC(=O)NCc1ccccc1. The van der Waals surface area contributed by atoms with E-state index in [0.29, 0.717) is 28.8 Å². The zero-order valence-electron chi connectivity index (χ0n) is 16.8. The number of imide groups is 1. The van der Waals surface area contributed by atoms with Gasteiger partial charge in [-0.2, -0.15) is 0 Å². The molecule has 9 heteroatoms. The monoisotopic (exact) mass is 439 g/mol. The summed E-state index contributed by atoms with van der Waals surface area (Å²) in [6.45, 7) is 0.345. The standard InChI is InChI=1S/C22H22FN5O2S/c23-18-9-5-4-8-17(18)20-26-27-22(28(20)16-10-11-16)31-13-12-19(29)25-21(30)24-14-15-6-2-1-3-7-15/h1-9,16H,10-14H2,(H2,24,25,29,30). The molecule has 3 amide bonds. The number of hydrogen-bond acceptors (Lipinski definition) is 5. The van der Waals surface area contributed by atoms with Gasteiger partial charge in [0.25, 0.3) is 0 Å². The van der Waals surface area contributed by atoms with Gasteiger partial charge in [-0.05, 0) is 30.5 Å². The van der Waals surface area contributed by atoms with E-state index in [4.69, 9.17) is 0 Å². The van der Waals surface area contributed by atoms with Crippen LogP contribution in [0.3, 0.4) is 0 Å². The summed E-state index contributed by atoms with van der Waals surface area (Å²) < 4.78 is 16.2. The molecule has 0 saturated heterocycles. The maximum absolute atomic E-state index is 14.2. The van der Waals surface area contributed by atoms with Gasteiger partial charge in [-0.1, -0.05) is 54.2 Å². The summed E-state index contributed by atoms with van der Waals surface area (Å²) in [7, 11) is 0. The molecule has 2 N–H and O–H groups in total. The summed E-state index contributed by atoms with van der Waals surface area (Å²) in [4.78, 5) is 24.0. The number of carbonyl (C=O) groups is 2. The Morgan fingerprint density at radius 1 is 1.06 bits per heavy atom. The number of nitrogens with zero attached hydrogens (tertiary/aromatic N) is 3. The minimum absolute atomic E-state index is 0.149. The van der Waals surface area contributed by atoms with Crippen LogP contribution in [-0.4, -0.2) is 32.5 Å². The zero-order chi connectivity index (χ0) is 21.6. The number of carbonyl (C=O) groups excluding carboxylic acids is 2. The lowest BCUT2D eigenvalue weighted by Crippen LogP contribution is -2.39. The second kappa shape index (κ2) is 9.74. The van der Waals surface area contributed by atoms with Crippen LogP contribution in [0.4, 0.5) is 9.18 Å². The number of nitrogens with one attached hydrogen (secondary N) is 2. The third kappa shape index (κ3) is 5.49. The molecular weight excluding hydrogens is 417 g/mol. The maximum Gasteiger partial charge on any atom is 0.321 e. The third-order valence-electron chi connectivity index (χ3n) is 4.80. The Morgan fingerprint density at radius 2 is 1.81 bits per heavy atom. The molecule has 31 heavy (non-hydrogen) atoms. The summed E-state index contributed by atoms with van der Waals surface area (Å²) in [5.74, 6) is 0.229. The van der Waals surface area contributed by atoms with Crippen molar-refractivity contribution in [3.63, 3.8) is 0 Å². The molecule has 4 rings (SSSR count). The van der Waals surface area contributed by atoms with E-state index in [2.05, 4.69) is 20.8 Å². The van der Waals surface area contributed by atoms with Crippen LogP contribution in [0.15, 0.2) is 59.8 Å². The number of halogens is 1. The molecule has 7 nitrogen and oxygen atoms in total. The van der Waals surface area contributed by atoms with Crippen LogP contribution in [0.5, 0.6) is 0 Å². The van der Waals surface area contributed by atoms with Crippen molar-refractivity contribution in [2.45, 2.75) is 37.0 Å². The summed E-state index contributed by atoms with van der Waals surface area (Å²) in [5.41, 5.74) is 1.37. The van der Waals surface area contributed by atoms with Crippen molar-refractivity contribution in [2.24, 2.45) is 0 Å². The number of amides is 3. The number of rotatable bonds is 8. The molecule has 0 bridgehead atoms. The highest BCUT2D eigenvalue weighted by Gasteiger charge is 2.30. The van der Waals surface area contributed by atoms with Crippen molar-refractivity contribution < 1.29 is 14.0 Å². The van der Waals surface area contributed by atoms with E-state index >= 15 is 0 Å². The van der Waals surface area contributed by atoms with Crippen LogP contribution in [-0.2, 0) is 11.3 Å². The van der Waals surface area contributed by atoms with E-state index in [1.165, 1.54) is 17.8 Å². The van der Waals surface area contributed by atoms with Gasteiger partial charge in [-0.25, -0.2) is 9.18 Å². The Morgan fingerprint density at radius 3 is 2.55 bits per heavy atom. The second-order valence-corrected chi connectivity index (χ2v) is 8.26. The van der Waals surface area contributed by atoms with E-state index in [-0.39, 0.29) is 24.2 Å². The van der Waals surface area contributed by atoms with Gasteiger partial charge in [0.2, 0.25) is 5.91 Å². The van der Waals surface area contributed by atoms with E-state index in [1.54, 1.807) is 18.2 Å². The number of urea groups is 1. The van der Waals surface area contributed by atoms with Crippen LogP contribution in [0, 0.1) is 5.82 Å². The lowest BCUT2D eigenvalue weighted by atomic mass is 10.2. The first-order valence-corrected chi connectivity index (χ1v) is 11.0. The smallest absolute Gasteiger partial charge is 0.321 e. The summed E-state index contributed by atoms with van der Waals surface area (Å²) >= 11 is 1.38. The van der Waals surface area contributed by atoms with Crippen LogP contribution >= 0.6 is 11.8 Å². The molecule has 0 radical (unpaired) electrons. The molecular formula is C22H22FN5O2S. The molecule has 1 aromatic heterocycles. The van der Waals surface area contributed by atoms with E-state index < -0.39 is 6.03 Å². The molecule has 0 unspecified atom stereocenters. The van der Waals surface area contributed by atoms with Crippen molar-refractivity contribution in [2.75, 3.05) is 5.75 Å². The van der Waals surface area contributed by atoms with Crippen molar-refractivity contribution >= 4 is 23.7 Å². The van der Waals surface area contributed by atoms with Gasteiger partial charge in [0, 0.05) is 24.8 Å². The van der Waals surface area contributed by atoms with Crippen LogP contribution < -0.4 is 10.6 Å². The molecule has 1 aliphatic rings. The van der Waals surface area contributed by atoms with Crippen molar-refractivity contribution in [3.8, 4) is 11.4 Å². The Balaban J connectivity index is 1.29. The van der Waals surface area contributed by atoms with Crippen molar-refractivity contribution in [3.05, 3.63) is 66.0 Å². The second-order valence-electron chi connectivity index (χ2n) is 7.20. The molecule has 1 saturated carbocycles. The van der Waals surface area contributed by atoms with Gasteiger partial charge in [-0.15, -0.1) is 10.2 Å². The van der Waals surface area contributed by atoms with Gasteiger partial charge >= 0.3 is 6.03 Å². The van der Waals surface area contributed by atoms with E-state index in [0.717, 1.165) is 18.4 Å². The molecule has 160 valence electrons. The highest BCUT2D eigenvalue weighted by atomic mass is 32.2. The van der Waals surface area contributed by atoms with Gasteiger partial charge in [-0.3, -0.25) is 14.7 Å². The van der Waals surface area contributed by atoms with Gasteiger partial charge in [0.05, 0.1) is 5.56 Å². The Labute approximate surface area is 183 Å².